The van der Waals surface area contributed by atoms with E-state index in [0.29, 0.717) is 32.9 Å². The fourth-order valence-electron chi connectivity index (χ4n) is 2.55. The highest BCUT2D eigenvalue weighted by Crippen LogP contribution is 2.28. The third-order valence-corrected chi connectivity index (χ3v) is 3.97. The van der Waals surface area contributed by atoms with Crippen molar-refractivity contribution in [2.45, 2.75) is 0 Å². The van der Waals surface area contributed by atoms with Crippen molar-refractivity contribution >= 4 is 28.4 Å². The number of pyridine rings is 2. The Labute approximate surface area is 142 Å². The number of carbonyl (C=O) groups is 1. The maximum atomic E-state index is 12.8. The van der Waals surface area contributed by atoms with Crippen LogP contribution in [0.2, 0.25) is 5.02 Å². The van der Waals surface area contributed by atoms with E-state index in [1.165, 1.54) is 4.68 Å². The number of nitrogens with zero attached hydrogens (tertiary/aromatic N) is 4. The molecule has 6 heteroatoms. The summed E-state index contributed by atoms with van der Waals surface area (Å²) >= 11 is 6.30. The van der Waals surface area contributed by atoms with E-state index in [1.54, 1.807) is 42.9 Å². The molecule has 0 aliphatic heterocycles. The number of rotatable bonds is 2. The maximum Gasteiger partial charge on any atom is 0.278 e. The van der Waals surface area contributed by atoms with Gasteiger partial charge in [-0.2, -0.15) is 5.10 Å². The molecule has 0 spiro atoms. The molecule has 0 amide bonds. The third kappa shape index (κ3) is 2.45. The van der Waals surface area contributed by atoms with E-state index < -0.39 is 0 Å². The van der Waals surface area contributed by atoms with Crippen LogP contribution in [0, 0.1) is 0 Å². The highest BCUT2D eigenvalue weighted by Gasteiger charge is 2.17. The molecule has 0 atom stereocenters. The molecule has 0 saturated carbocycles. The van der Waals surface area contributed by atoms with Gasteiger partial charge in [0, 0.05) is 24.0 Å². The second kappa shape index (κ2) is 5.86. The van der Waals surface area contributed by atoms with Crippen LogP contribution < -0.4 is 0 Å². The van der Waals surface area contributed by atoms with Gasteiger partial charge in [-0.3, -0.25) is 9.78 Å². The Hall–Kier alpha value is -3.05. The molecular formula is C18H11ClN4O. The van der Waals surface area contributed by atoms with Crippen LogP contribution in [0.15, 0.2) is 67.1 Å². The molecule has 0 radical (unpaired) electrons. The van der Waals surface area contributed by atoms with E-state index in [2.05, 4.69) is 15.1 Å². The smallest absolute Gasteiger partial charge is 0.267 e. The van der Waals surface area contributed by atoms with Gasteiger partial charge in [0.05, 0.1) is 27.5 Å². The monoisotopic (exact) mass is 334 g/mol. The number of carbonyl (C=O) groups excluding carboxylic acids is 1. The Kier molecular flexibility index (Phi) is 3.55. The van der Waals surface area contributed by atoms with Crippen LogP contribution in [0.4, 0.5) is 0 Å². The molecule has 5 nitrogen and oxygen atoms in total. The highest BCUT2D eigenvalue weighted by molar-refractivity contribution is 6.35. The number of benzene rings is 1. The molecule has 24 heavy (non-hydrogen) atoms. The van der Waals surface area contributed by atoms with Gasteiger partial charge < -0.3 is 0 Å². The SMILES string of the molecule is O=C(c1cc(-c2ccccn2)nc2c(Cl)cccc12)n1cccn1. The molecule has 0 aliphatic carbocycles. The van der Waals surface area contributed by atoms with Crippen LogP contribution in [0.3, 0.4) is 0 Å². The van der Waals surface area contributed by atoms with E-state index >= 15 is 0 Å². The van der Waals surface area contributed by atoms with Crippen LogP contribution in [0.1, 0.15) is 10.4 Å². The van der Waals surface area contributed by atoms with Crippen molar-refractivity contribution in [2.75, 3.05) is 0 Å². The number of hydrogen-bond donors (Lipinski definition) is 0. The molecule has 0 fully saturated rings. The predicted octanol–water partition coefficient (Wildman–Crippen LogP) is 3.84. The van der Waals surface area contributed by atoms with Gasteiger partial charge in [-0.1, -0.05) is 29.8 Å². The van der Waals surface area contributed by atoms with E-state index in [0.717, 1.165) is 0 Å². The van der Waals surface area contributed by atoms with Crippen molar-refractivity contribution in [3.05, 3.63) is 77.7 Å². The fourth-order valence-corrected chi connectivity index (χ4v) is 2.77. The number of aromatic nitrogens is 4. The normalized spacial score (nSPS) is 10.9. The first kappa shape index (κ1) is 14.5. The van der Waals surface area contributed by atoms with Crippen LogP contribution in [0.25, 0.3) is 22.3 Å². The molecule has 116 valence electrons. The molecule has 0 unspecified atom stereocenters. The summed E-state index contributed by atoms with van der Waals surface area (Å²) in [6, 6.07) is 14.3. The van der Waals surface area contributed by atoms with Crippen LogP contribution >= 0.6 is 11.6 Å². The van der Waals surface area contributed by atoms with E-state index in [9.17, 15) is 4.79 Å². The Morgan fingerprint density at radius 2 is 1.92 bits per heavy atom. The van der Waals surface area contributed by atoms with Gasteiger partial charge in [0.15, 0.2) is 0 Å². The lowest BCUT2D eigenvalue weighted by atomic mass is 10.1. The van der Waals surface area contributed by atoms with Crippen molar-refractivity contribution in [1.29, 1.82) is 0 Å². The zero-order valence-electron chi connectivity index (χ0n) is 12.4. The summed E-state index contributed by atoms with van der Waals surface area (Å²) in [4.78, 5) is 21.7. The number of hydrogen-bond acceptors (Lipinski definition) is 4. The average Bonchev–Trinajstić information content (AvgIpc) is 3.16. The molecule has 3 aromatic heterocycles. The predicted molar refractivity (Wildman–Crippen MR) is 91.9 cm³/mol. The van der Waals surface area contributed by atoms with Gasteiger partial charge in [-0.15, -0.1) is 0 Å². The minimum absolute atomic E-state index is 0.244. The highest BCUT2D eigenvalue weighted by atomic mass is 35.5. The number of fused-ring (bicyclic) bond motifs is 1. The lowest BCUT2D eigenvalue weighted by molar-refractivity contribution is 0.0947. The van der Waals surface area contributed by atoms with Gasteiger partial charge >= 0.3 is 0 Å². The second-order valence-corrected chi connectivity index (χ2v) is 5.57. The number of halogens is 1. The summed E-state index contributed by atoms with van der Waals surface area (Å²) < 4.78 is 1.29. The first-order valence-electron chi connectivity index (χ1n) is 7.29. The van der Waals surface area contributed by atoms with E-state index in [4.69, 9.17) is 11.6 Å². The summed E-state index contributed by atoms with van der Waals surface area (Å²) in [5.41, 5.74) is 2.31. The minimum Gasteiger partial charge on any atom is -0.267 e. The first-order valence-corrected chi connectivity index (χ1v) is 7.67. The van der Waals surface area contributed by atoms with E-state index in [1.807, 2.05) is 24.3 Å². The molecule has 0 bridgehead atoms. The molecule has 3 heterocycles. The maximum absolute atomic E-state index is 12.8. The zero-order valence-corrected chi connectivity index (χ0v) is 13.2. The molecule has 4 rings (SSSR count). The molecule has 4 aromatic rings. The Morgan fingerprint density at radius 1 is 1.00 bits per heavy atom. The lowest BCUT2D eigenvalue weighted by Gasteiger charge is -2.09. The summed E-state index contributed by atoms with van der Waals surface area (Å²) in [7, 11) is 0. The fraction of sp³-hybridized carbons (Fsp3) is 0. The largest absolute Gasteiger partial charge is 0.278 e. The number of para-hydroxylation sites is 1. The molecule has 1 aromatic carbocycles. The van der Waals surface area contributed by atoms with Crippen molar-refractivity contribution in [1.82, 2.24) is 19.7 Å². The van der Waals surface area contributed by atoms with Crippen molar-refractivity contribution < 1.29 is 4.79 Å². The Morgan fingerprint density at radius 3 is 2.67 bits per heavy atom. The topological polar surface area (TPSA) is 60.7 Å². The van der Waals surface area contributed by atoms with Crippen molar-refractivity contribution in [3.63, 3.8) is 0 Å². The average molecular weight is 335 g/mol. The molecular weight excluding hydrogens is 324 g/mol. The van der Waals surface area contributed by atoms with Crippen LogP contribution in [-0.2, 0) is 0 Å². The van der Waals surface area contributed by atoms with Gasteiger partial charge in [-0.05, 0) is 30.3 Å². The van der Waals surface area contributed by atoms with Crippen LogP contribution in [0.5, 0.6) is 0 Å². The summed E-state index contributed by atoms with van der Waals surface area (Å²) in [6.45, 7) is 0. The van der Waals surface area contributed by atoms with Gasteiger partial charge in [0.2, 0.25) is 0 Å². The van der Waals surface area contributed by atoms with Crippen LogP contribution in [-0.4, -0.2) is 25.7 Å². The minimum atomic E-state index is -0.244. The molecule has 0 N–H and O–H groups in total. The lowest BCUT2D eigenvalue weighted by Crippen LogP contribution is -2.13. The Balaban J connectivity index is 2.01. The third-order valence-electron chi connectivity index (χ3n) is 3.66. The van der Waals surface area contributed by atoms with E-state index in [-0.39, 0.29) is 5.91 Å². The standard InChI is InChI=1S/C18H11ClN4O/c19-14-6-3-5-12-13(18(24)23-10-4-9-21-23)11-16(22-17(12)14)15-7-1-2-8-20-15/h1-11H. The summed E-state index contributed by atoms with van der Waals surface area (Å²) in [5, 5.41) is 5.19. The van der Waals surface area contributed by atoms with Crippen molar-refractivity contribution in [3.8, 4) is 11.4 Å². The van der Waals surface area contributed by atoms with Gasteiger partial charge in [0.25, 0.3) is 5.91 Å². The van der Waals surface area contributed by atoms with Gasteiger partial charge in [-0.25, -0.2) is 9.67 Å². The zero-order chi connectivity index (χ0) is 16.5. The first-order chi connectivity index (χ1) is 11.7. The van der Waals surface area contributed by atoms with Gasteiger partial charge in [0.1, 0.15) is 0 Å². The summed E-state index contributed by atoms with van der Waals surface area (Å²) in [5.74, 6) is -0.244. The summed E-state index contributed by atoms with van der Waals surface area (Å²) in [6.07, 6.45) is 4.86. The Bertz CT molecular complexity index is 1030. The second-order valence-electron chi connectivity index (χ2n) is 5.16. The quantitative estimate of drug-likeness (QED) is 0.559. The van der Waals surface area contributed by atoms with Crippen molar-refractivity contribution in [2.24, 2.45) is 0 Å². The molecule has 0 saturated heterocycles. The molecule has 0 aliphatic rings.